The van der Waals surface area contributed by atoms with Crippen molar-refractivity contribution in [1.29, 1.82) is 0 Å². The number of aryl methyl sites for hydroxylation is 1. The molecule has 4 atom stereocenters. The fourth-order valence-corrected chi connectivity index (χ4v) is 5.49. The maximum atomic E-state index is 14.8. The predicted molar refractivity (Wildman–Crippen MR) is 118 cm³/mol. The monoisotopic (exact) mass is 442 g/mol. The summed E-state index contributed by atoms with van der Waals surface area (Å²) < 4.78 is 47.4. The second-order valence-corrected chi connectivity index (χ2v) is 9.27. The molecule has 2 aromatic carbocycles. The van der Waals surface area contributed by atoms with Gasteiger partial charge in [-0.2, -0.15) is 4.39 Å². The Morgan fingerprint density at radius 3 is 2.47 bits per heavy atom. The molecule has 4 unspecified atom stereocenters. The van der Waals surface area contributed by atoms with Crippen LogP contribution in [0.4, 0.5) is 13.2 Å². The average Bonchev–Trinajstić information content (AvgIpc) is 2.79. The van der Waals surface area contributed by atoms with E-state index in [0.717, 1.165) is 30.7 Å². The Kier molecular flexibility index (Phi) is 6.73. The highest BCUT2D eigenvalue weighted by molar-refractivity contribution is 5.91. The molecule has 32 heavy (non-hydrogen) atoms. The summed E-state index contributed by atoms with van der Waals surface area (Å²) in [5.41, 5.74) is 0.707. The summed E-state index contributed by atoms with van der Waals surface area (Å²) in [7, 11) is 0. The van der Waals surface area contributed by atoms with E-state index in [4.69, 9.17) is 4.74 Å². The summed E-state index contributed by atoms with van der Waals surface area (Å²) in [5.74, 6) is -2.25. The van der Waals surface area contributed by atoms with Crippen molar-refractivity contribution >= 4 is 5.97 Å². The van der Waals surface area contributed by atoms with Crippen LogP contribution in [0.2, 0.25) is 0 Å². The normalized spacial score (nSPS) is 25.5. The van der Waals surface area contributed by atoms with Crippen LogP contribution in [-0.2, 0) is 0 Å². The third-order valence-electron chi connectivity index (χ3n) is 7.25. The number of rotatable bonds is 4. The van der Waals surface area contributed by atoms with Gasteiger partial charge in [0.1, 0.15) is 5.82 Å². The Labute approximate surface area is 187 Å². The number of ether oxygens (including phenoxy) is 1. The van der Waals surface area contributed by atoms with Crippen molar-refractivity contribution in [1.82, 2.24) is 0 Å². The van der Waals surface area contributed by atoms with Crippen molar-refractivity contribution in [2.24, 2.45) is 17.8 Å². The molecule has 2 fully saturated rings. The Hall–Kier alpha value is -2.56. The molecule has 0 aromatic heterocycles. The largest absolute Gasteiger partial charge is 0.420 e. The maximum Gasteiger partial charge on any atom is 0.346 e. The van der Waals surface area contributed by atoms with Gasteiger partial charge in [-0.3, -0.25) is 0 Å². The van der Waals surface area contributed by atoms with Crippen molar-refractivity contribution < 1.29 is 22.7 Å². The molecular weight excluding hydrogens is 413 g/mol. The lowest BCUT2D eigenvalue weighted by Gasteiger charge is -2.41. The highest BCUT2D eigenvalue weighted by Crippen LogP contribution is 2.48. The summed E-state index contributed by atoms with van der Waals surface area (Å²) in [5, 5.41) is 0. The first kappa shape index (κ1) is 22.6. The van der Waals surface area contributed by atoms with Gasteiger partial charge in [0.05, 0.1) is 5.56 Å². The van der Waals surface area contributed by atoms with Crippen LogP contribution in [0.1, 0.15) is 72.9 Å². The van der Waals surface area contributed by atoms with Gasteiger partial charge < -0.3 is 4.74 Å². The molecule has 0 bridgehead atoms. The summed E-state index contributed by atoms with van der Waals surface area (Å²) in [4.78, 5) is 12.4. The van der Waals surface area contributed by atoms with E-state index >= 15 is 0 Å². The van der Waals surface area contributed by atoms with Crippen LogP contribution >= 0.6 is 0 Å². The molecule has 0 N–H and O–H groups in total. The molecule has 4 rings (SSSR count). The summed E-state index contributed by atoms with van der Waals surface area (Å²) in [6.45, 7) is 3.48. The molecule has 0 spiro atoms. The minimum Gasteiger partial charge on any atom is -0.420 e. The van der Waals surface area contributed by atoms with Crippen molar-refractivity contribution in [3.8, 4) is 5.75 Å². The van der Waals surface area contributed by atoms with Gasteiger partial charge in [0.25, 0.3) is 0 Å². The molecule has 0 saturated heterocycles. The van der Waals surface area contributed by atoms with Crippen LogP contribution in [0.5, 0.6) is 5.75 Å². The Balaban J connectivity index is 1.44. The van der Waals surface area contributed by atoms with Crippen LogP contribution in [0.15, 0.2) is 42.5 Å². The quantitative estimate of drug-likeness (QED) is 0.278. The van der Waals surface area contributed by atoms with Gasteiger partial charge in [0, 0.05) is 0 Å². The van der Waals surface area contributed by atoms with Gasteiger partial charge in [-0.1, -0.05) is 24.3 Å². The smallest absolute Gasteiger partial charge is 0.346 e. The molecule has 2 aromatic rings. The molecule has 170 valence electrons. The summed E-state index contributed by atoms with van der Waals surface area (Å²) in [6.07, 6.45) is 11.4. The molecule has 0 heterocycles. The van der Waals surface area contributed by atoms with E-state index in [0.29, 0.717) is 11.8 Å². The first-order valence-electron chi connectivity index (χ1n) is 11.5. The lowest BCUT2D eigenvalue weighted by atomic mass is 9.64. The molecule has 5 heteroatoms. The van der Waals surface area contributed by atoms with E-state index in [-0.39, 0.29) is 17.0 Å². The molecule has 0 aliphatic heterocycles. The SMILES string of the molecule is C/C=C/C1CCC2CC(c3ccc(C(=O)Oc4ccc(C)c(F)c4F)c(F)c3)CCC2C1. The third-order valence-corrected chi connectivity index (χ3v) is 7.25. The van der Waals surface area contributed by atoms with E-state index in [1.165, 1.54) is 50.5 Å². The molecule has 2 saturated carbocycles. The zero-order chi connectivity index (χ0) is 22.8. The number of halogens is 3. The molecule has 2 aliphatic carbocycles. The Morgan fingerprint density at radius 2 is 1.72 bits per heavy atom. The summed E-state index contributed by atoms with van der Waals surface area (Å²) in [6, 6.07) is 7.04. The van der Waals surface area contributed by atoms with Crippen LogP contribution in [0.25, 0.3) is 0 Å². The highest BCUT2D eigenvalue weighted by Gasteiger charge is 2.35. The van der Waals surface area contributed by atoms with E-state index < -0.39 is 29.2 Å². The van der Waals surface area contributed by atoms with Gasteiger partial charge in [-0.05, 0) is 105 Å². The van der Waals surface area contributed by atoms with Crippen molar-refractivity contribution in [2.45, 2.75) is 58.3 Å². The third kappa shape index (κ3) is 4.62. The Morgan fingerprint density at radius 1 is 0.969 bits per heavy atom. The van der Waals surface area contributed by atoms with E-state index in [9.17, 15) is 18.0 Å². The van der Waals surface area contributed by atoms with Crippen LogP contribution in [0.3, 0.4) is 0 Å². The van der Waals surface area contributed by atoms with E-state index in [1.54, 1.807) is 6.07 Å². The van der Waals surface area contributed by atoms with Crippen molar-refractivity contribution in [3.05, 3.63) is 76.6 Å². The fraction of sp³-hybridized carbons (Fsp3) is 0.444. The average molecular weight is 443 g/mol. The van der Waals surface area contributed by atoms with Gasteiger partial charge in [-0.25, -0.2) is 13.6 Å². The second-order valence-electron chi connectivity index (χ2n) is 9.27. The van der Waals surface area contributed by atoms with E-state index in [1.807, 2.05) is 0 Å². The van der Waals surface area contributed by atoms with E-state index in [2.05, 4.69) is 19.1 Å². The van der Waals surface area contributed by atoms with Gasteiger partial charge in [0.15, 0.2) is 11.6 Å². The van der Waals surface area contributed by atoms with Crippen LogP contribution in [-0.4, -0.2) is 5.97 Å². The molecule has 0 amide bonds. The number of hydrogen-bond acceptors (Lipinski definition) is 2. The number of benzene rings is 2. The standard InChI is InChI=1S/C27H29F3O2/c1-3-4-17-6-7-19-14-20(9-8-18(19)13-17)21-10-11-22(23(28)15-21)27(31)32-24-12-5-16(2)25(29)26(24)30/h3-5,10-12,15,17-20H,6-9,13-14H2,1-2H3/b4-3+. The molecule has 2 nitrogen and oxygen atoms in total. The number of carbonyl (C=O) groups is 1. The van der Waals surface area contributed by atoms with Gasteiger partial charge in [-0.15, -0.1) is 0 Å². The van der Waals surface area contributed by atoms with Crippen LogP contribution in [0, 0.1) is 42.1 Å². The van der Waals surface area contributed by atoms with Gasteiger partial charge >= 0.3 is 5.97 Å². The number of carbonyl (C=O) groups excluding carboxylic acids is 1. The molecule has 0 radical (unpaired) electrons. The van der Waals surface area contributed by atoms with Crippen LogP contribution < -0.4 is 4.74 Å². The first-order chi connectivity index (χ1) is 15.4. The number of allylic oxidation sites excluding steroid dienone is 2. The number of hydrogen-bond donors (Lipinski definition) is 0. The van der Waals surface area contributed by atoms with Crippen molar-refractivity contribution in [2.75, 3.05) is 0 Å². The first-order valence-corrected chi connectivity index (χ1v) is 11.5. The zero-order valence-electron chi connectivity index (χ0n) is 18.5. The summed E-state index contributed by atoms with van der Waals surface area (Å²) >= 11 is 0. The van der Waals surface area contributed by atoms with Crippen molar-refractivity contribution in [3.63, 3.8) is 0 Å². The Bertz CT molecular complexity index is 1030. The minimum absolute atomic E-state index is 0.0999. The number of fused-ring (bicyclic) bond motifs is 1. The lowest BCUT2D eigenvalue weighted by molar-refractivity contribution is 0.0721. The minimum atomic E-state index is -1.25. The number of esters is 1. The highest BCUT2D eigenvalue weighted by atomic mass is 19.2. The topological polar surface area (TPSA) is 26.3 Å². The zero-order valence-corrected chi connectivity index (χ0v) is 18.5. The lowest BCUT2D eigenvalue weighted by Crippen LogP contribution is -2.30. The second kappa shape index (κ2) is 9.51. The predicted octanol–water partition coefficient (Wildman–Crippen LogP) is 7.51. The molecular formula is C27H29F3O2. The fourth-order valence-electron chi connectivity index (χ4n) is 5.49. The van der Waals surface area contributed by atoms with Gasteiger partial charge in [0.2, 0.25) is 5.82 Å². The molecule has 2 aliphatic rings. The maximum absolute atomic E-state index is 14.8.